The highest BCUT2D eigenvalue weighted by molar-refractivity contribution is 6.00. The smallest absolute Gasteiger partial charge is 0.187 e. The molecule has 0 spiro atoms. The van der Waals surface area contributed by atoms with Gasteiger partial charge in [-0.05, 0) is 43.6 Å². The molecule has 0 aliphatic heterocycles. The van der Waals surface area contributed by atoms with E-state index in [0.29, 0.717) is 13.2 Å². The molecular weight excluding hydrogens is 256 g/mol. The normalized spacial score (nSPS) is 30.6. The fraction of sp³-hybridized carbons (Fsp3) is 0.812. The van der Waals surface area contributed by atoms with Gasteiger partial charge in [-0.25, -0.2) is 0 Å². The zero-order valence-electron chi connectivity index (χ0n) is 12.9. The second-order valence-corrected chi connectivity index (χ2v) is 6.11. The minimum atomic E-state index is -0.343. The van der Waals surface area contributed by atoms with Crippen molar-refractivity contribution in [2.45, 2.75) is 52.1 Å². The summed E-state index contributed by atoms with van der Waals surface area (Å²) in [6, 6.07) is 0. The van der Waals surface area contributed by atoms with Gasteiger partial charge in [0.2, 0.25) is 0 Å². The van der Waals surface area contributed by atoms with Crippen LogP contribution in [0.4, 0.5) is 0 Å². The molecule has 4 heteroatoms. The monoisotopic (exact) mass is 282 g/mol. The highest BCUT2D eigenvalue weighted by atomic mass is 16.7. The van der Waals surface area contributed by atoms with E-state index in [9.17, 15) is 4.79 Å². The number of ketones is 1. The van der Waals surface area contributed by atoms with Gasteiger partial charge in [0.05, 0.1) is 13.2 Å². The summed E-state index contributed by atoms with van der Waals surface area (Å²) in [7, 11) is 1.63. The van der Waals surface area contributed by atoms with Crippen LogP contribution in [0.25, 0.3) is 0 Å². The first-order chi connectivity index (χ1) is 9.58. The van der Waals surface area contributed by atoms with Crippen molar-refractivity contribution < 1.29 is 19.0 Å². The van der Waals surface area contributed by atoms with E-state index in [2.05, 4.69) is 6.92 Å². The van der Waals surface area contributed by atoms with Crippen molar-refractivity contribution in [1.82, 2.24) is 0 Å². The summed E-state index contributed by atoms with van der Waals surface area (Å²) < 4.78 is 15.9. The molecule has 4 nitrogen and oxygen atoms in total. The molecule has 0 saturated heterocycles. The molecule has 2 aliphatic rings. The Kier molecular flexibility index (Phi) is 5.35. The molecule has 0 heterocycles. The number of carbonyl (C=O) groups excluding carboxylic acids is 1. The lowest BCUT2D eigenvalue weighted by molar-refractivity contribution is -0.145. The number of ether oxygens (including phenoxy) is 3. The van der Waals surface area contributed by atoms with Crippen molar-refractivity contribution in [2.75, 3.05) is 27.1 Å². The van der Waals surface area contributed by atoms with Crippen LogP contribution >= 0.6 is 0 Å². The average molecular weight is 282 g/mol. The fourth-order valence-electron chi connectivity index (χ4n) is 3.49. The molecule has 1 fully saturated rings. The molecule has 0 radical (unpaired) electrons. The van der Waals surface area contributed by atoms with Crippen LogP contribution in [-0.4, -0.2) is 39.0 Å². The van der Waals surface area contributed by atoms with Gasteiger partial charge in [0.25, 0.3) is 0 Å². The molecule has 1 saturated carbocycles. The Balaban J connectivity index is 1.95. The minimum absolute atomic E-state index is 0.146. The van der Waals surface area contributed by atoms with E-state index in [0.717, 1.165) is 24.8 Å². The molecule has 114 valence electrons. The van der Waals surface area contributed by atoms with Gasteiger partial charge in [0.1, 0.15) is 12.9 Å². The standard InChI is InChI=1S/C16H26O4/c1-12-13-6-4-5-7-16(13,2)10-14(15(12)17)20-11-19-9-8-18-3/h14H,4-11H2,1-3H3/t14?,16-/m0/s1. The van der Waals surface area contributed by atoms with Crippen molar-refractivity contribution in [3.05, 3.63) is 11.1 Å². The molecule has 2 rings (SSSR count). The van der Waals surface area contributed by atoms with Gasteiger partial charge in [0, 0.05) is 7.11 Å². The van der Waals surface area contributed by atoms with Crippen molar-refractivity contribution in [2.24, 2.45) is 5.41 Å². The maximum Gasteiger partial charge on any atom is 0.187 e. The molecule has 2 atom stereocenters. The SMILES string of the molecule is COCCOCOC1C[C@]2(C)CCCCC2=C(C)C1=O. The first-order valence-corrected chi connectivity index (χ1v) is 7.51. The predicted octanol–water partition coefficient (Wildman–Crippen LogP) is 2.86. The van der Waals surface area contributed by atoms with Gasteiger partial charge < -0.3 is 14.2 Å². The van der Waals surface area contributed by atoms with Crippen LogP contribution in [0.3, 0.4) is 0 Å². The maximum absolute atomic E-state index is 12.4. The average Bonchev–Trinajstić information content (AvgIpc) is 2.43. The largest absolute Gasteiger partial charge is 0.382 e. The highest BCUT2D eigenvalue weighted by Crippen LogP contribution is 2.49. The number of allylic oxidation sites excluding steroid dienone is 1. The van der Waals surface area contributed by atoms with E-state index in [1.165, 1.54) is 18.4 Å². The quantitative estimate of drug-likeness (QED) is 0.555. The lowest BCUT2D eigenvalue weighted by Crippen LogP contribution is -2.41. The number of carbonyl (C=O) groups is 1. The second kappa shape index (κ2) is 6.83. The molecule has 2 aliphatic carbocycles. The second-order valence-electron chi connectivity index (χ2n) is 6.11. The molecule has 20 heavy (non-hydrogen) atoms. The summed E-state index contributed by atoms with van der Waals surface area (Å²) in [5.74, 6) is 0.148. The summed E-state index contributed by atoms with van der Waals surface area (Å²) in [4.78, 5) is 12.4. The van der Waals surface area contributed by atoms with Gasteiger partial charge in [0.15, 0.2) is 5.78 Å². The molecule has 1 unspecified atom stereocenters. The third kappa shape index (κ3) is 3.30. The summed E-state index contributed by atoms with van der Waals surface area (Å²) in [6.07, 6.45) is 5.15. The van der Waals surface area contributed by atoms with Crippen molar-refractivity contribution in [3.8, 4) is 0 Å². The Hall–Kier alpha value is -0.710. The first-order valence-electron chi connectivity index (χ1n) is 7.51. The van der Waals surface area contributed by atoms with Crippen LogP contribution in [-0.2, 0) is 19.0 Å². The van der Waals surface area contributed by atoms with Crippen LogP contribution in [0.15, 0.2) is 11.1 Å². The van der Waals surface area contributed by atoms with Crippen LogP contribution in [0.2, 0.25) is 0 Å². The van der Waals surface area contributed by atoms with Crippen molar-refractivity contribution in [1.29, 1.82) is 0 Å². The van der Waals surface area contributed by atoms with E-state index in [1.807, 2.05) is 6.92 Å². The Morgan fingerprint density at radius 1 is 1.30 bits per heavy atom. The van der Waals surface area contributed by atoms with Crippen molar-refractivity contribution >= 4 is 5.78 Å². The molecule has 0 aromatic heterocycles. The predicted molar refractivity (Wildman–Crippen MR) is 76.5 cm³/mol. The van der Waals surface area contributed by atoms with Crippen LogP contribution in [0.1, 0.15) is 46.0 Å². The van der Waals surface area contributed by atoms with Gasteiger partial charge in [-0.2, -0.15) is 0 Å². The third-order valence-electron chi connectivity index (χ3n) is 4.67. The Labute approximate surface area is 121 Å². The van der Waals surface area contributed by atoms with Gasteiger partial charge >= 0.3 is 0 Å². The van der Waals surface area contributed by atoms with Gasteiger partial charge in [-0.15, -0.1) is 0 Å². The third-order valence-corrected chi connectivity index (χ3v) is 4.67. The van der Waals surface area contributed by atoms with Crippen LogP contribution < -0.4 is 0 Å². The van der Waals surface area contributed by atoms with E-state index in [1.54, 1.807) is 7.11 Å². The van der Waals surface area contributed by atoms with Gasteiger partial charge in [-0.1, -0.05) is 18.9 Å². The molecule has 0 aromatic rings. The maximum atomic E-state index is 12.4. The number of hydrogen-bond donors (Lipinski definition) is 0. The number of methoxy groups -OCH3 is 1. The lowest BCUT2D eigenvalue weighted by atomic mass is 9.63. The van der Waals surface area contributed by atoms with E-state index in [4.69, 9.17) is 14.2 Å². The highest BCUT2D eigenvalue weighted by Gasteiger charge is 2.42. The Morgan fingerprint density at radius 2 is 2.10 bits per heavy atom. The number of rotatable bonds is 6. The summed E-state index contributed by atoms with van der Waals surface area (Å²) >= 11 is 0. The Bertz CT molecular complexity index is 388. The molecular formula is C16H26O4. The van der Waals surface area contributed by atoms with Crippen molar-refractivity contribution in [3.63, 3.8) is 0 Å². The molecule has 0 amide bonds. The summed E-state index contributed by atoms with van der Waals surface area (Å²) in [5.41, 5.74) is 2.45. The number of Topliss-reactive ketones (excluding diaryl/α,β-unsaturated/α-hetero) is 1. The van der Waals surface area contributed by atoms with Crippen LogP contribution in [0.5, 0.6) is 0 Å². The lowest BCUT2D eigenvalue weighted by Gasteiger charge is -2.43. The minimum Gasteiger partial charge on any atom is -0.382 e. The zero-order valence-corrected chi connectivity index (χ0v) is 12.9. The molecule has 0 N–H and O–H groups in total. The van der Waals surface area contributed by atoms with Crippen LogP contribution in [0, 0.1) is 5.41 Å². The molecule has 0 bridgehead atoms. The van der Waals surface area contributed by atoms with E-state index in [-0.39, 0.29) is 24.1 Å². The van der Waals surface area contributed by atoms with Gasteiger partial charge in [-0.3, -0.25) is 4.79 Å². The zero-order chi connectivity index (χ0) is 14.6. The molecule has 0 aromatic carbocycles. The first kappa shape index (κ1) is 15.7. The number of fused-ring (bicyclic) bond motifs is 1. The summed E-state index contributed by atoms with van der Waals surface area (Å²) in [6.45, 7) is 5.44. The fourth-order valence-corrected chi connectivity index (χ4v) is 3.49. The topological polar surface area (TPSA) is 44.8 Å². The summed E-state index contributed by atoms with van der Waals surface area (Å²) in [5, 5.41) is 0. The van der Waals surface area contributed by atoms with E-state index >= 15 is 0 Å². The van der Waals surface area contributed by atoms with E-state index < -0.39 is 0 Å². The number of hydrogen-bond acceptors (Lipinski definition) is 4. The Morgan fingerprint density at radius 3 is 2.85 bits per heavy atom.